The summed E-state index contributed by atoms with van der Waals surface area (Å²) in [6, 6.07) is 4.89. The van der Waals surface area contributed by atoms with Crippen LogP contribution >= 0.6 is 0 Å². The Morgan fingerprint density at radius 1 is 1.09 bits per heavy atom. The Labute approximate surface area is 137 Å². The topological polar surface area (TPSA) is 67.4 Å². The second-order valence-corrected chi connectivity index (χ2v) is 4.91. The highest BCUT2D eigenvalue weighted by Crippen LogP contribution is 2.19. The number of nitrogens with one attached hydrogen (secondary N) is 2. The molecule has 0 aliphatic rings. The lowest BCUT2D eigenvalue weighted by molar-refractivity contribution is 0.0923. The first-order valence-electron chi connectivity index (χ1n) is 7.69. The molecule has 0 saturated heterocycles. The Morgan fingerprint density at radius 2 is 1.70 bits per heavy atom. The van der Waals surface area contributed by atoms with Crippen molar-refractivity contribution >= 4 is 11.8 Å². The number of unbranched alkanes of at least 4 members (excludes halogenated alkanes) is 1. The summed E-state index contributed by atoms with van der Waals surface area (Å²) in [6.45, 7) is 10.4. The van der Waals surface area contributed by atoms with Crippen LogP contribution in [0.15, 0.2) is 43.5 Å². The molecule has 5 heteroatoms. The van der Waals surface area contributed by atoms with E-state index >= 15 is 0 Å². The number of ether oxygens (including phenoxy) is 1. The highest BCUT2D eigenvalue weighted by molar-refractivity contribution is 6.07. The molecule has 1 aromatic carbocycles. The molecule has 0 fully saturated rings. The van der Waals surface area contributed by atoms with Crippen LogP contribution in [0.1, 0.15) is 40.5 Å². The van der Waals surface area contributed by atoms with Crippen LogP contribution in [0.25, 0.3) is 0 Å². The predicted molar refractivity (Wildman–Crippen MR) is 91.9 cm³/mol. The summed E-state index contributed by atoms with van der Waals surface area (Å²) in [5, 5.41) is 5.36. The number of hydrogen-bond donors (Lipinski definition) is 2. The molecule has 5 nitrogen and oxygen atoms in total. The lowest BCUT2D eigenvalue weighted by Crippen LogP contribution is -2.29. The first-order valence-corrected chi connectivity index (χ1v) is 7.69. The van der Waals surface area contributed by atoms with Crippen LogP contribution < -0.4 is 15.4 Å². The third-order valence-electron chi connectivity index (χ3n) is 3.06. The monoisotopic (exact) mass is 316 g/mol. The van der Waals surface area contributed by atoms with E-state index in [4.69, 9.17) is 4.74 Å². The maximum absolute atomic E-state index is 12.3. The average Bonchev–Trinajstić information content (AvgIpc) is 2.57. The van der Waals surface area contributed by atoms with Gasteiger partial charge in [0, 0.05) is 13.1 Å². The van der Waals surface area contributed by atoms with E-state index in [1.54, 1.807) is 30.4 Å². The Morgan fingerprint density at radius 3 is 2.26 bits per heavy atom. The van der Waals surface area contributed by atoms with E-state index < -0.39 is 0 Å². The Kier molecular flexibility index (Phi) is 8.21. The van der Waals surface area contributed by atoms with Crippen molar-refractivity contribution in [3.8, 4) is 5.75 Å². The van der Waals surface area contributed by atoms with Crippen LogP contribution in [0.2, 0.25) is 0 Å². The number of rotatable bonds is 10. The Hall–Kier alpha value is -2.56. The number of hydrogen-bond acceptors (Lipinski definition) is 3. The molecule has 0 unspecified atom stereocenters. The number of carbonyl (C=O) groups is 2. The van der Waals surface area contributed by atoms with E-state index in [9.17, 15) is 9.59 Å². The maximum atomic E-state index is 12.3. The average molecular weight is 316 g/mol. The van der Waals surface area contributed by atoms with Gasteiger partial charge in [0.15, 0.2) is 0 Å². The van der Waals surface area contributed by atoms with Gasteiger partial charge < -0.3 is 15.4 Å². The molecule has 0 saturated carbocycles. The van der Waals surface area contributed by atoms with Gasteiger partial charge in [-0.05, 0) is 24.6 Å². The SMILES string of the molecule is C=CCNC(=O)c1ccc(OCCCC)cc1C(=O)NCC=C. The lowest BCUT2D eigenvalue weighted by Gasteiger charge is -2.12. The number of carbonyl (C=O) groups excluding carboxylic acids is 2. The lowest BCUT2D eigenvalue weighted by atomic mass is 10.1. The first kappa shape index (κ1) is 18.5. The fourth-order valence-electron chi connectivity index (χ4n) is 1.85. The van der Waals surface area contributed by atoms with Crippen LogP contribution in [0, 0.1) is 0 Å². The molecule has 124 valence electrons. The van der Waals surface area contributed by atoms with E-state index in [1.807, 2.05) is 0 Å². The van der Waals surface area contributed by atoms with Crippen molar-refractivity contribution in [3.05, 3.63) is 54.6 Å². The molecule has 1 rings (SSSR count). The molecular formula is C18H24N2O3. The fraction of sp³-hybridized carbons (Fsp3) is 0.333. The van der Waals surface area contributed by atoms with E-state index in [2.05, 4.69) is 30.7 Å². The second kappa shape index (κ2) is 10.2. The van der Waals surface area contributed by atoms with Crippen LogP contribution in [0.4, 0.5) is 0 Å². The van der Waals surface area contributed by atoms with Crippen molar-refractivity contribution < 1.29 is 14.3 Å². The van der Waals surface area contributed by atoms with Crippen LogP contribution in [-0.4, -0.2) is 31.5 Å². The normalized spacial score (nSPS) is 9.78. The van der Waals surface area contributed by atoms with Gasteiger partial charge in [0.2, 0.25) is 0 Å². The van der Waals surface area contributed by atoms with Gasteiger partial charge in [0.1, 0.15) is 5.75 Å². The molecule has 0 aliphatic carbocycles. The summed E-state index contributed by atoms with van der Waals surface area (Å²) < 4.78 is 5.61. The van der Waals surface area contributed by atoms with Crippen LogP contribution in [0.5, 0.6) is 5.75 Å². The standard InChI is InChI=1S/C18H24N2O3/c1-4-7-12-23-14-8-9-15(17(21)19-10-5-2)16(13-14)18(22)20-11-6-3/h5-6,8-9,13H,2-4,7,10-12H2,1H3,(H,19,21)(H,20,22). The Balaban J connectivity index is 3.02. The van der Waals surface area contributed by atoms with Crippen molar-refractivity contribution in [1.82, 2.24) is 10.6 Å². The molecule has 0 atom stereocenters. The number of benzene rings is 1. The number of amides is 2. The minimum Gasteiger partial charge on any atom is -0.494 e. The van der Waals surface area contributed by atoms with Crippen molar-refractivity contribution in [2.45, 2.75) is 19.8 Å². The summed E-state index contributed by atoms with van der Waals surface area (Å²) >= 11 is 0. The van der Waals surface area contributed by atoms with E-state index in [-0.39, 0.29) is 17.4 Å². The summed E-state index contributed by atoms with van der Waals surface area (Å²) in [6.07, 6.45) is 5.11. The van der Waals surface area contributed by atoms with Gasteiger partial charge in [0.25, 0.3) is 11.8 Å². The van der Waals surface area contributed by atoms with Gasteiger partial charge in [-0.25, -0.2) is 0 Å². The van der Waals surface area contributed by atoms with Gasteiger partial charge >= 0.3 is 0 Å². The zero-order chi connectivity index (χ0) is 17.1. The molecule has 0 aromatic heterocycles. The molecule has 2 N–H and O–H groups in total. The third kappa shape index (κ3) is 5.98. The highest BCUT2D eigenvalue weighted by Gasteiger charge is 2.17. The van der Waals surface area contributed by atoms with Gasteiger partial charge in [0.05, 0.1) is 17.7 Å². The van der Waals surface area contributed by atoms with Crippen molar-refractivity contribution in [2.24, 2.45) is 0 Å². The second-order valence-electron chi connectivity index (χ2n) is 4.91. The zero-order valence-corrected chi connectivity index (χ0v) is 13.6. The minimum atomic E-state index is -0.338. The molecule has 1 aromatic rings. The fourth-order valence-corrected chi connectivity index (χ4v) is 1.85. The summed E-state index contributed by atoms with van der Waals surface area (Å²) in [5.41, 5.74) is 0.582. The van der Waals surface area contributed by atoms with Crippen molar-refractivity contribution in [2.75, 3.05) is 19.7 Å². The smallest absolute Gasteiger partial charge is 0.252 e. The molecule has 0 heterocycles. The summed E-state index contributed by atoms with van der Waals surface area (Å²) in [4.78, 5) is 24.4. The van der Waals surface area contributed by atoms with E-state index in [0.717, 1.165) is 12.8 Å². The Bertz CT molecular complexity index is 567. The van der Waals surface area contributed by atoms with Crippen LogP contribution in [-0.2, 0) is 0 Å². The molecule has 23 heavy (non-hydrogen) atoms. The molecule has 0 bridgehead atoms. The molecular weight excluding hydrogens is 292 g/mol. The van der Waals surface area contributed by atoms with Crippen molar-refractivity contribution in [3.63, 3.8) is 0 Å². The van der Waals surface area contributed by atoms with Gasteiger partial charge in [-0.1, -0.05) is 25.5 Å². The van der Waals surface area contributed by atoms with Gasteiger partial charge in [-0.15, -0.1) is 13.2 Å². The molecule has 2 amide bonds. The highest BCUT2D eigenvalue weighted by atomic mass is 16.5. The van der Waals surface area contributed by atoms with Gasteiger partial charge in [-0.3, -0.25) is 9.59 Å². The summed E-state index contributed by atoms with van der Waals surface area (Å²) in [5.74, 6) is -0.0918. The van der Waals surface area contributed by atoms with Crippen molar-refractivity contribution in [1.29, 1.82) is 0 Å². The minimum absolute atomic E-state index is 0.280. The maximum Gasteiger partial charge on any atom is 0.252 e. The molecule has 0 aliphatic heterocycles. The van der Waals surface area contributed by atoms with Crippen LogP contribution in [0.3, 0.4) is 0 Å². The van der Waals surface area contributed by atoms with E-state index in [1.165, 1.54) is 0 Å². The third-order valence-corrected chi connectivity index (χ3v) is 3.06. The molecule has 0 radical (unpaired) electrons. The van der Waals surface area contributed by atoms with Gasteiger partial charge in [-0.2, -0.15) is 0 Å². The quantitative estimate of drug-likeness (QED) is 0.515. The predicted octanol–water partition coefficient (Wildman–Crippen LogP) is 2.70. The summed E-state index contributed by atoms with van der Waals surface area (Å²) in [7, 11) is 0. The largest absolute Gasteiger partial charge is 0.494 e. The zero-order valence-electron chi connectivity index (χ0n) is 13.6. The van der Waals surface area contributed by atoms with E-state index in [0.29, 0.717) is 31.0 Å². The molecule has 0 spiro atoms. The first-order chi connectivity index (χ1) is 11.1.